The van der Waals surface area contributed by atoms with Crippen LogP contribution in [0.5, 0.6) is 5.75 Å². The van der Waals surface area contributed by atoms with Crippen molar-refractivity contribution in [2.45, 2.75) is 6.16 Å². The number of fused-ring (bicyclic) bond motifs is 1. The predicted octanol–water partition coefficient (Wildman–Crippen LogP) is 2.92. The van der Waals surface area contributed by atoms with E-state index in [1.54, 1.807) is 6.07 Å². The van der Waals surface area contributed by atoms with Crippen molar-refractivity contribution in [3.05, 3.63) is 42.0 Å². The Morgan fingerprint density at radius 1 is 1.08 bits per heavy atom. The van der Waals surface area contributed by atoms with Crippen molar-refractivity contribution < 1.29 is 5.11 Å². The summed E-state index contributed by atoms with van der Waals surface area (Å²) in [6.07, 6.45) is 0.785. The van der Waals surface area contributed by atoms with Gasteiger partial charge in [0, 0.05) is 5.56 Å². The summed E-state index contributed by atoms with van der Waals surface area (Å²) in [6.45, 7) is 0. The molecule has 13 heavy (non-hydrogen) atoms. The monoisotopic (exact) mass is 190 g/mol. The summed E-state index contributed by atoms with van der Waals surface area (Å²) < 4.78 is 0. The van der Waals surface area contributed by atoms with Crippen LogP contribution in [-0.4, -0.2) is 5.11 Å². The second-order valence-electron chi connectivity index (χ2n) is 2.99. The standard InChI is InChI=1S/C11H11OP/c12-11-6-5-8-3-1-2-4-9(8)10(11)7-13/h1-6,12H,7,13H2. The van der Waals surface area contributed by atoms with Crippen molar-refractivity contribution in [3.8, 4) is 5.75 Å². The number of rotatable bonds is 1. The lowest BCUT2D eigenvalue weighted by molar-refractivity contribution is 0.472. The van der Waals surface area contributed by atoms with Crippen molar-refractivity contribution in [1.82, 2.24) is 0 Å². The SMILES string of the molecule is Oc1ccc2ccccc2c1CP. The molecule has 0 amide bonds. The van der Waals surface area contributed by atoms with Crippen molar-refractivity contribution in [3.63, 3.8) is 0 Å². The molecule has 0 aromatic heterocycles. The fourth-order valence-corrected chi connectivity index (χ4v) is 1.97. The highest BCUT2D eigenvalue weighted by molar-refractivity contribution is 7.15. The van der Waals surface area contributed by atoms with E-state index in [1.807, 2.05) is 24.3 Å². The summed E-state index contributed by atoms with van der Waals surface area (Å²) >= 11 is 0. The van der Waals surface area contributed by atoms with Crippen molar-refractivity contribution in [2.24, 2.45) is 0 Å². The highest BCUT2D eigenvalue weighted by atomic mass is 31.0. The number of hydrogen-bond acceptors (Lipinski definition) is 1. The molecule has 1 unspecified atom stereocenters. The van der Waals surface area contributed by atoms with Gasteiger partial charge in [-0.2, -0.15) is 0 Å². The molecule has 0 saturated heterocycles. The first-order valence-corrected chi connectivity index (χ1v) is 5.04. The van der Waals surface area contributed by atoms with Crippen molar-refractivity contribution in [1.29, 1.82) is 0 Å². The van der Waals surface area contributed by atoms with E-state index in [0.717, 1.165) is 17.1 Å². The lowest BCUT2D eigenvalue weighted by atomic mass is 10.0. The van der Waals surface area contributed by atoms with E-state index in [1.165, 1.54) is 5.39 Å². The summed E-state index contributed by atoms with van der Waals surface area (Å²) in [6, 6.07) is 11.8. The average Bonchev–Trinajstić information content (AvgIpc) is 2.18. The third kappa shape index (κ3) is 1.40. The van der Waals surface area contributed by atoms with Gasteiger partial charge in [0.15, 0.2) is 0 Å². The fourth-order valence-electron chi connectivity index (χ4n) is 1.54. The van der Waals surface area contributed by atoms with Crippen molar-refractivity contribution in [2.75, 3.05) is 0 Å². The van der Waals surface area contributed by atoms with Crippen LogP contribution in [0.1, 0.15) is 5.56 Å². The van der Waals surface area contributed by atoms with Crippen LogP contribution >= 0.6 is 9.24 Å². The Balaban J connectivity index is 2.84. The smallest absolute Gasteiger partial charge is 0.119 e. The molecule has 2 rings (SSSR count). The van der Waals surface area contributed by atoms with Crippen LogP contribution in [0.25, 0.3) is 10.8 Å². The predicted molar refractivity (Wildman–Crippen MR) is 59.0 cm³/mol. The second-order valence-corrected chi connectivity index (χ2v) is 3.40. The number of aromatic hydroxyl groups is 1. The zero-order valence-corrected chi connectivity index (χ0v) is 8.35. The van der Waals surface area contributed by atoms with Crippen LogP contribution in [0.2, 0.25) is 0 Å². The van der Waals surface area contributed by atoms with Gasteiger partial charge < -0.3 is 5.11 Å². The molecule has 0 fully saturated rings. The molecular formula is C11H11OP. The van der Waals surface area contributed by atoms with Gasteiger partial charge in [0.05, 0.1) is 0 Å². The Morgan fingerprint density at radius 3 is 2.62 bits per heavy atom. The minimum atomic E-state index is 0.383. The third-order valence-corrected chi connectivity index (χ3v) is 2.63. The quantitative estimate of drug-likeness (QED) is 0.685. The molecule has 0 heterocycles. The van der Waals surface area contributed by atoms with E-state index in [9.17, 15) is 5.11 Å². The summed E-state index contributed by atoms with van der Waals surface area (Å²) in [5.74, 6) is 0.383. The van der Waals surface area contributed by atoms with Gasteiger partial charge in [-0.3, -0.25) is 0 Å². The van der Waals surface area contributed by atoms with Crippen molar-refractivity contribution >= 4 is 20.0 Å². The summed E-state index contributed by atoms with van der Waals surface area (Å²) in [5, 5.41) is 11.9. The molecule has 0 bridgehead atoms. The molecule has 0 radical (unpaired) electrons. The first-order chi connectivity index (χ1) is 6.33. The third-order valence-electron chi connectivity index (χ3n) is 2.22. The molecule has 1 atom stereocenters. The lowest BCUT2D eigenvalue weighted by Crippen LogP contribution is -1.82. The van der Waals surface area contributed by atoms with Gasteiger partial charge in [-0.25, -0.2) is 0 Å². The zero-order valence-electron chi connectivity index (χ0n) is 7.20. The van der Waals surface area contributed by atoms with Gasteiger partial charge in [-0.05, 0) is 23.0 Å². The fraction of sp³-hybridized carbons (Fsp3) is 0.0909. The Kier molecular flexibility index (Phi) is 2.20. The Hall–Kier alpha value is -1.07. The number of phenolic OH excluding ortho intramolecular Hbond substituents is 1. The van der Waals surface area contributed by atoms with E-state index in [-0.39, 0.29) is 0 Å². The second kappa shape index (κ2) is 3.35. The molecular weight excluding hydrogens is 179 g/mol. The number of benzene rings is 2. The van der Waals surface area contributed by atoms with Crippen LogP contribution in [0.3, 0.4) is 0 Å². The van der Waals surface area contributed by atoms with E-state index in [0.29, 0.717) is 5.75 Å². The highest BCUT2D eigenvalue weighted by Gasteiger charge is 2.03. The first kappa shape index (κ1) is 8.52. The minimum Gasteiger partial charge on any atom is -0.508 e. The molecule has 0 saturated carbocycles. The first-order valence-electron chi connectivity index (χ1n) is 4.22. The maximum atomic E-state index is 9.60. The molecule has 0 aliphatic rings. The number of phenols is 1. The number of hydrogen-bond donors (Lipinski definition) is 1. The molecule has 0 spiro atoms. The van der Waals surface area contributed by atoms with Gasteiger partial charge in [0.2, 0.25) is 0 Å². The largest absolute Gasteiger partial charge is 0.508 e. The molecule has 66 valence electrons. The van der Waals surface area contributed by atoms with Crippen LogP contribution in [0.15, 0.2) is 36.4 Å². The van der Waals surface area contributed by atoms with Gasteiger partial charge in [0.1, 0.15) is 5.75 Å². The molecule has 1 N–H and O–H groups in total. The molecule has 0 aliphatic heterocycles. The van der Waals surface area contributed by atoms with Gasteiger partial charge in [-0.15, -0.1) is 9.24 Å². The highest BCUT2D eigenvalue weighted by Crippen LogP contribution is 2.28. The van der Waals surface area contributed by atoms with E-state index < -0.39 is 0 Å². The molecule has 1 nitrogen and oxygen atoms in total. The van der Waals surface area contributed by atoms with Crippen LogP contribution in [0.4, 0.5) is 0 Å². The maximum Gasteiger partial charge on any atom is 0.119 e. The van der Waals surface area contributed by atoms with E-state index in [4.69, 9.17) is 0 Å². The summed E-state index contributed by atoms with van der Waals surface area (Å²) in [5.41, 5.74) is 1.00. The minimum absolute atomic E-state index is 0.383. The Labute approximate surface area is 79.6 Å². The molecule has 2 heteroatoms. The van der Waals surface area contributed by atoms with Crippen LogP contribution < -0.4 is 0 Å². The van der Waals surface area contributed by atoms with E-state index >= 15 is 0 Å². The molecule has 2 aromatic carbocycles. The lowest BCUT2D eigenvalue weighted by Gasteiger charge is -2.05. The molecule has 2 aromatic rings. The van der Waals surface area contributed by atoms with Gasteiger partial charge in [-0.1, -0.05) is 30.3 Å². The van der Waals surface area contributed by atoms with E-state index in [2.05, 4.69) is 15.3 Å². The summed E-state index contributed by atoms with van der Waals surface area (Å²) in [7, 11) is 2.64. The normalized spacial score (nSPS) is 10.5. The Bertz CT molecular complexity index is 437. The molecule has 0 aliphatic carbocycles. The Morgan fingerprint density at radius 2 is 1.85 bits per heavy atom. The zero-order chi connectivity index (χ0) is 9.26. The maximum absolute atomic E-state index is 9.60. The van der Waals surface area contributed by atoms with Crippen LogP contribution in [0, 0.1) is 0 Å². The average molecular weight is 190 g/mol. The van der Waals surface area contributed by atoms with Gasteiger partial charge in [0.25, 0.3) is 0 Å². The van der Waals surface area contributed by atoms with Crippen LogP contribution in [-0.2, 0) is 6.16 Å². The topological polar surface area (TPSA) is 20.2 Å². The van der Waals surface area contributed by atoms with Gasteiger partial charge >= 0.3 is 0 Å². The summed E-state index contributed by atoms with van der Waals surface area (Å²) in [4.78, 5) is 0.